The number of aromatic nitrogens is 1. The third-order valence-electron chi connectivity index (χ3n) is 2.79. The van der Waals surface area contributed by atoms with Crippen LogP contribution in [0.2, 0.25) is 0 Å². The molecule has 0 amide bonds. The molecule has 19 heavy (non-hydrogen) atoms. The van der Waals surface area contributed by atoms with E-state index in [2.05, 4.69) is 4.98 Å². The van der Waals surface area contributed by atoms with Crippen LogP contribution in [-0.2, 0) is 0 Å². The van der Waals surface area contributed by atoms with Crippen molar-refractivity contribution in [3.63, 3.8) is 0 Å². The molecule has 0 radical (unpaired) electrons. The maximum Gasteiger partial charge on any atom is 0.133 e. The molecule has 1 heterocycles. The minimum atomic E-state index is 0.214. The first-order chi connectivity index (χ1) is 8.97. The molecule has 1 aromatic carbocycles. The topological polar surface area (TPSA) is 62.4 Å². The zero-order valence-electron chi connectivity index (χ0n) is 10.8. The lowest BCUT2D eigenvalue weighted by atomic mass is 10.2. The summed E-state index contributed by atoms with van der Waals surface area (Å²) in [5, 5.41) is 9.52. The fourth-order valence-corrected chi connectivity index (χ4v) is 1.92. The van der Waals surface area contributed by atoms with Crippen molar-refractivity contribution in [2.24, 2.45) is 5.73 Å². The number of hydrogen-bond donors (Lipinski definition) is 2. The molecular weight excluding hydrogens is 258 g/mol. The summed E-state index contributed by atoms with van der Waals surface area (Å²) in [6.07, 6.45) is 0. The van der Waals surface area contributed by atoms with Gasteiger partial charge in [-0.2, -0.15) is 0 Å². The van der Waals surface area contributed by atoms with Gasteiger partial charge in [-0.25, -0.2) is 4.98 Å². The summed E-state index contributed by atoms with van der Waals surface area (Å²) in [6.45, 7) is 1.89. The first-order valence-electron chi connectivity index (χ1n) is 5.78. The van der Waals surface area contributed by atoms with Crippen molar-refractivity contribution in [2.75, 3.05) is 11.9 Å². The molecule has 98 valence electrons. The molecule has 3 N–H and O–H groups in total. The normalized spacial score (nSPS) is 10.2. The van der Waals surface area contributed by atoms with Gasteiger partial charge in [0.1, 0.15) is 16.6 Å². The number of phenolic OH excluding ortho intramolecular Hbond substituents is 1. The number of benzene rings is 1. The predicted octanol–water partition coefficient (Wildman–Crippen LogP) is 2.50. The van der Waals surface area contributed by atoms with Gasteiger partial charge in [-0.3, -0.25) is 0 Å². The van der Waals surface area contributed by atoms with Crippen molar-refractivity contribution in [1.29, 1.82) is 0 Å². The Kier molecular flexibility index (Phi) is 3.66. The molecule has 2 aromatic rings. The van der Waals surface area contributed by atoms with Crippen molar-refractivity contribution in [1.82, 2.24) is 4.98 Å². The summed E-state index contributed by atoms with van der Waals surface area (Å²) in [5.74, 6) is 0.944. The average molecular weight is 273 g/mol. The van der Waals surface area contributed by atoms with Gasteiger partial charge in [0.25, 0.3) is 0 Å². The maximum atomic E-state index is 9.52. The Morgan fingerprint density at radius 2 is 2.05 bits per heavy atom. The molecule has 0 spiro atoms. The van der Waals surface area contributed by atoms with Gasteiger partial charge in [0.2, 0.25) is 0 Å². The number of nitrogens with zero attached hydrogens (tertiary/aromatic N) is 2. The van der Waals surface area contributed by atoms with E-state index in [9.17, 15) is 5.11 Å². The number of hydrogen-bond acceptors (Lipinski definition) is 4. The van der Waals surface area contributed by atoms with Crippen LogP contribution in [0.1, 0.15) is 11.3 Å². The monoisotopic (exact) mass is 273 g/mol. The highest BCUT2D eigenvalue weighted by molar-refractivity contribution is 7.80. The Balaban J connectivity index is 2.43. The predicted molar refractivity (Wildman–Crippen MR) is 81.0 cm³/mol. The summed E-state index contributed by atoms with van der Waals surface area (Å²) < 4.78 is 0. The molecule has 0 atom stereocenters. The molecule has 1 aromatic heterocycles. The number of aromatic hydroxyl groups is 1. The molecule has 0 saturated carbocycles. The minimum Gasteiger partial charge on any atom is -0.508 e. The van der Waals surface area contributed by atoms with E-state index in [1.807, 2.05) is 37.1 Å². The van der Waals surface area contributed by atoms with E-state index in [1.54, 1.807) is 18.2 Å². The van der Waals surface area contributed by atoms with Crippen molar-refractivity contribution < 1.29 is 5.11 Å². The lowest BCUT2D eigenvalue weighted by Gasteiger charge is -2.19. The zero-order chi connectivity index (χ0) is 14.0. The lowest BCUT2D eigenvalue weighted by Crippen LogP contribution is -2.15. The molecule has 4 nitrogen and oxygen atoms in total. The van der Waals surface area contributed by atoms with Crippen molar-refractivity contribution in [3.05, 3.63) is 47.7 Å². The standard InChI is InChI=1S/C14H15N3OS/c1-9-6-10(14(15)19)7-13(16-9)17(2)11-4-3-5-12(18)8-11/h3-8,18H,1-2H3,(H2,15,19). The second kappa shape index (κ2) is 5.24. The largest absolute Gasteiger partial charge is 0.508 e. The van der Waals surface area contributed by atoms with Gasteiger partial charge in [-0.1, -0.05) is 18.3 Å². The second-order valence-corrected chi connectivity index (χ2v) is 4.74. The van der Waals surface area contributed by atoms with Crippen molar-refractivity contribution >= 4 is 28.7 Å². The molecule has 0 bridgehead atoms. The van der Waals surface area contributed by atoms with Crippen LogP contribution >= 0.6 is 12.2 Å². The van der Waals surface area contributed by atoms with Crippen LogP contribution in [-0.4, -0.2) is 22.1 Å². The van der Waals surface area contributed by atoms with Crippen molar-refractivity contribution in [3.8, 4) is 5.75 Å². The molecule has 5 heteroatoms. The Hall–Kier alpha value is -2.14. The number of thiocarbonyl (C=S) groups is 1. The number of phenols is 1. The molecule has 2 rings (SSSR count). The van der Waals surface area contributed by atoms with Gasteiger partial charge in [0.15, 0.2) is 0 Å². The third kappa shape index (κ3) is 3.00. The summed E-state index contributed by atoms with van der Waals surface area (Å²) in [5.41, 5.74) is 8.12. The number of rotatable bonds is 3. The molecular formula is C14H15N3OS. The number of nitrogens with two attached hydrogens (primary N) is 1. The summed E-state index contributed by atoms with van der Waals surface area (Å²) in [4.78, 5) is 6.66. The van der Waals surface area contributed by atoms with E-state index >= 15 is 0 Å². The first kappa shape index (κ1) is 13.3. The van der Waals surface area contributed by atoms with E-state index in [0.717, 1.165) is 22.8 Å². The molecule has 0 aliphatic carbocycles. The SMILES string of the molecule is Cc1cc(C(N)=S)cc(N(C)c2cccc(O)c2)n1. The van der Waals surface area contributed by atoms with Crippen LogP contribution < -0.4 is 10.6 Å². The Bertz CT molecular complexity index is 628. The second-order valence-electron chi connectivity index (χ2n) is 4.30. The maximum absolute atomic E-state index is 9.52. The Morgan fingerprint density at radius 3 is 2.68 bits per heavy atom. The van der Waals surface area contributed by atoms with E-state index in [-0.39, 0.29) is 5.75 Å². The summed E-state index contributed by atoms with van der Waals surface area (Å²) >= 11 is 5.00. The van der Waals surface area contributed by atoms with Crippen LogP contribution in [0.5, 0.6) is 5.75 Å². The lowest BCUT2D eigenvalue weighted by molar-refractivity contribution is 0.475. The average Bonchev–Trinajstić information content (AvgIpc) is 2.37. The highest BCUT2D eigenvalue weighted by atomic mass is 32.1. The molecule has 0 aliphatic heterocycles. The van der Waals surface area contributed by atoms with E-state index in [1.165, 1.54) is 0 Å². The molecule has 0 saturated heterocycles. The quantitative estimate of drug-likeness (QED) is 0.841. The zero-order valence-corrected chi connectivity index (χ0v) is 11.6. The van der Waals surface area contributed by atoms with Gasteiger partial charge in [0.05, 0.1) is 0 Å². The van der Waals surface area contributed by atoms with Crippen LogP contribution in [0.25, 0.3) is 0 Å². The summed E-state index contributed by atoms with van der Waals surface area (Å²) in [7, 11) is 1.87. The van der Waals surface area contributed by atoms with Gasteiger partial charge in [0, 0.05) is 30.1 Å². The highest BCUT2D eigenvalue weighted by Crippen LogP contribution is 2.25. The fraction of sp³-hybridized carbons (Fsp3) is 0.143. The van der Waals surface area contributed by atoms with Gasteiger partial charge >= 0.3 is 0 Å². The van der Waals surface area contributed by atoms with E-state index in [4.69, 9.17) is 18.0 Å². The van der Waals surface area contributed by atoms with Crippen molar-refractivity contribution in [2.45, 2.75) is 6.92 Å². The van der Waals surface area contributed by atoms with Crippen LogP contribution in [0.15, 0.2) is 36.4 Å². The van der Waals surface area contributed by atoms with Gasteiger partial charge < -0.3 is 15.7 Å². The third-order valence-corrected chi connectivity index (χ3v) is 3.02. The Morgan fingerprint density at radius 1 is 1.32 bits per heavy atom. The highest BCUT2D eigenvalue weighted by Gasteiger charge is 2.09. The van der Waals surface area contributed by atoms with E-state index < -0.39 is 0 Å². The summed E-state index contributed by atoms with van der Waals surface area (Å²) in [6, 6.07) is 10.7. The molecule has 0 unspecified atom stereocenters. The minimum absolute atomic E-state index is 0.214. The fourth-order valence-electron chi connectivity index (χ4n) is 1.80. The first-order valence-corrected chi connectivity index (χ1v) is 6.19. The van der Waals surface area contributed by atoms with Crippen LogP contribution in [0.3, 0.4) is 0 Å². The number of anilines is 2. The number of pyridine rings is 1. The van der Waals surface area contributed by atoms with Crippen LogP contribution in [0.4, 0.5) is 11.5 Å². The molecule has 0 aliphatic rings. The van der Waals surface area contributed by atoms with Crippen LogP contribution in [0, 0.1) is 6.92 Å². The smallest absolute Gasteiger partial charge is 0.133 e. The van der Waals surface area contributed by atoms with E-state index in [0.29, 0.717) is 4.99 Å². The number of aryl methyl sites for hydroxylation is 1. The molecule has 0 fully saturated rings. The van der Waals surface area contributed by atoms with Gasteiger partial charge in [-0.15, -0.1) is 0 Å². The van der Waals surface area contributed by atoms with Gasteiger partial charge in [-0.05, 0) is 31.2 Å². The Labute approximate surface area is 117 Å².